The highest BCUT2D eigenvalue weighted by Gasteiger charge is 2.29. The number of nitrogens with zero attached hydrogens (tertiary/aromatic N) is 3. The van der Waals surface area contributed by atoms with Crippen LogP contribution in [0, 0.1) is 11.8 Å². The number of hydrogen-bond donors (Lipinski definition) is 0. The highest BCUT2D eigenvalue weighted by atomic mass is 32.2. The van der Waals surface area contributed by atoms with Gasteiger partial charge in [0.25, 0.3) is 5.56 Å². The molecular formula is C22H27N3O2S3. The lowest BCUT2D eigenvalue weighted by Gasteiger charge is -2.36. The highest BCUT2D eigenvalue weighted by Crippen LogP contribution is 2.35. The number of aromatic nitrogens is 2. The van der Waals surface area contributed by atoms with Crippen LogP contribution < -0.4 is 5.56 Å². The van der Waals surface area contributed by atoms with Gasteiger partial charge in [0.05, 0.1) is 10.6 Å². The van der Waals surface area contributed by atoms with Crippen molar-refractivity contribution in [2.45, 2.75) is 51.1 Å². The first-order valence-electron chi connectivity index (χ1n) is 10.4. The number of hydrogen-bond acceptors (Lipinski definition) is 6. The Morgan fingerprint density at radius 3 is 2.67 bits per heavy atom. The molecule has 1 aliphatic heterocycles. The average Bonchev–Trinajstić information content (AvgIpc) is 3.36. The van der Waals surface area contributed by atoms with Crippen molar-refractivity contribution in [3.05, 3.63) is 33.2 Å². The van der Waals surface area contributed by atoms with E-state index in [2.05, 4.69) is 13.8 Å². The standard InChI is InChI=1S/C22H27N3O2S3/c1-5-25-21(27)18-16(17-7-6-8-28-17)12-29-19(18)23-22(25)30-15(4)20(26)24-10-13(2)9-14(3)11-24/h6-8,12-15H,5,9-11H2,1-4H3. The third-order valence-corrected chi connectivity index (χ3v) is 8.43. The molecular weight excluding hydrogens is 434 g/mol. The lowest BCUT2D eigenvalue weighted by atomic mass is 9.92. The third kappa shape index (κ3) is 4.09. The summed E-state index contributed by atoms with van der Waals surface area (Å²) in [6.07, 6.45) is 1.17. The van der Waals surface area contributed by atoms with Gasteiger partial charge in [-0.3, -0.25) is 14.2 Å². The first-order chi connectivity index (χ1) is 14.4. The van der Waals surface area contributed by atoms with Crippen molar-refractivity contribution in [2.75, 3.05) is 13.1 Å². The molecule has 0 spiro atoms. The zero-order valence-corrected chi connectivity index (χ0v) is 20.2. The molecule has 0 aliphatic carbocycles. The van der Waals surface area contributed by atoms with Crippen molar-refractivity contribution in [1.29, 1.82) is 0 Å². The number of likely N-dealkylation sites (tertiary alicyclic amines) is 1. The van der Waals surface area contributed by atoms with Crippen LogP contribution in [-0.2, 0) is 11.3 Å². The van der Waals surface area contributed by atoms with Crippen LogP contribution in [0.15, 0.2) is 32.8 Å². The molecule has 0 radical (unpaired) electrons. The summed E-state index contributed by atoms with van der Waals surface area (Å²) in [6, 6.07) is 4.03. The van der Waals surface area contributed by atoms with Crippen molar-refractivity contribution in [3.8, 4) is 10.4 Å². The Bertz CT molecular complexity index is 1090. The molecule has 1 amide bonds. The smallest absolute Gasteiger partial charge is 0.263 e. The Hall–Kier alpha value is -1.64. The SMILES string of the molecule is CCn1c(SC(C)C(=O)N2CC(C)CC(C)C2)nc2scc(-c3cccs3)c2c1=O. The summed E-state index contributed by atoms with van der Waals surface area (Å²) in [5.74, 6) is 1.20. The number of carbonyl (C=O) groups is 1. The van der Waals surface area contributed by atoms with E-state index in [1.165, 1.54) is 29.5 Å². The lowest BCUT2D eigenvalue weighted by molar-refractivity contribution is -0.132. The second-order valence-electron chi connectivity index (χ2n) is 8.20. The summed E-state index contributed by atoms with van der Waals surface area (Å²) in [5, 5.41) is 5.08. The molecule has 1 fully saturated rings. The van der Waals surface area contributed by atoms with E-state index >= 15 is 0 Å². The second-order valence-corrected chi connectivity index (χ2v) is 11.3. The van der Waals surface area contributed by atoms with E-state index in [4.69, 9.17) is 4.98 Å². The zero-order chi connectivity index (χ0) is 21.4. The predicted octanol–water partition coefficient (Wildman–Crippen LogP) is 5.19. The molecule has 5 nitrogen and oxygen atoms in total. The van der Waals surface area contributed by atoms with Gasteiger partial charge in [0.1, 0.15) is 4.83 Å². The van der Waals surface area contributed by atoms with Crippen LogP contribution in [0.4, 0.5) is 0 Å². The average molecular weight is 462 g/mol. The molecule has 0 aromatic carbocycles. The molecule has 0 saturated carbocycles. The minimum absolute atomic E-state index is 0.0190. The molecule has 0 N–H and O–H groups in total. The van der Waals surface area contributed by atoms with Crippen LogP contribution in [0.5, 0.6) is 0 Å². The summed E-state index contributed by atoms with van der Waals surface area (Å²) >= 11 is 4.53. The maximum absolute atomic E-state index is 13.3. The Kier molecular flexibility index (Phi) is 6.36. The largest absolute Gasteiger partial charge is 0.341 e. The molecule has 4 rings (SSSR count). The van der Waals surface area contributed by atoms with Crippen molar-refractivity contribution < 1.29 is 4.79 Å². The summed E-state index contributed by atoms with van der Waals surface area (Å²) in [4.78, 5) is 35.0. The summed E-state index contributed by atoms with van der Waals surface area (Å²) in [5.41, 5.74) is 0.941. The monoisotopic (exact) mass is 461 g/mol. The normalized spacial score (nSPS) is 20.6. The van der Waals surface area contributed by atoms with Gasteiger partial charge in [0.15, 0.2) is 5.16 Å². The second kappa shape index (κ2) is 8.85. The quantitative estimate of drug-likeness (QED) is 0.387. The van der Waals surface area contributed by atoms with Crippen LogP contribution in [0.1, 0.15) is 34.1 Å². The molecule has 3 aromatic rings. The Labute approximate surface area is 189 Å². The van der Waals surface area contributed by atoms with E-state index in [0.29, 0.717) is 28.9 Å². The highest BCUT2D eigenvalue weighted by molar-refractivity contribution is 8.00. The number of thioether (sulfide) groups is 1. The van der Waals surface area contributed by atoms with E-state index < -0.39 is 0 Å². The summed E-state index contributed by atoms with van der Waals surface area (Å²) in [6.45, 7) is 10.5. The first-order valence-corrected chi connectivity index (χ1v) is 13.0. The maximum atomic E-state index is 13.3. The predicted molar refractivity (Wildman–Crippen MR) is 128 cm³/mol. The Balaban J connectivity index is 1.64. The molecule has 4 heterocycles. The van der Waals surface area contributed by atoms with E-state index in [9.17, 15) is 9.59 Å². The maximum Gasteiger partial charge on any atom is 0.263 e. The molecule has 0 bridgehead atoms. The molecule has 1 aliphatic rings. The van der Waals surface area contributed by atoms with Gasteiger partial charge in [-0.2, -0.15) is 0 Å². The van der Waals surface area contributed by atoms with Gasteiger partial charge in [-0.1, -0.05) is 31.7 Å². The van der Waals surface area contributed by atoms with Crippen LogP contribution >= 0.6 is 34.4 Å². The minimum Gasteiger partial charge on any atom is -0.341 e. The topological polar surface area (TPSA) is 55.2 Å². The van der Waals surface area contributed by atoms with Crippen LogP contribution in [0.3, 0.4) is 0 Å². The van der Waals surface area contributed by atoms with Gasteiger partial charge in [-0.25, -0.2) is 4.98 Å². The van der Waals surface area contributed by atoms with Crippen LogP contribution in [0.2, 0.25) is 0 Å². The molecule has 160 valence electrons. The van der Waals surface area contributed by atoms with Crippen LogP contribution in [-0.4, -0.2) is 38.7 Å². The molecule has 8 heteroatoms. The van der Waals surface area contributed by atoms with Crippen molar-refractivity contribution in [1.82, 2.24) is 14.5 Å². The van der Waals surface area contributed by atoms with Crippen LogP contribution in [0.25, 0.3) is 20.7 Å². The van der Waals surface area contributed by atoms with Gasteiger partial charge in [0, 0.05) is 35.5 Å². The van der Waals surface area contributed by atoms with E-state index in [1.807, 2.05) is 41.6 Å². The number of fused-ring (bicyclic) bond motifs is 1. The number of piperidine rings is 1. The number of carbonyl (C=O) groups excluding carboxylic acids is 1. The fourth-order valence-corrected chi connectivity index (χ4v) is 7.16. The zero-order valence-electron chi connectivity index (χ0n) is 17.8. The van der Waals surface area contributed by atoms with Gasteiger partial charge in [-0.15, -0.1) is 22.7 Å². The van der Waals surface area contributed by atoms with Gasteiger partial charge >= 0.3 is 0 Å². The molecule has 30 heavy (non-hydrogen) atoms. The van der Waals surface area contributed by atoms with E-state index in [0.717, 1.165) is 28.4 Å². The molecule has 3 atom stereocenters. The number of amides is 1. The summed E-state index contributed by atoms with van der Waals surface area (Å²) < 4.78 is 1.71. The lowest BCUT2D eigenvalue weighted by Crippen LogP contribution is -2.45. The van der Waals surface area contributed by atoms with Crippen molar-refractivity contribution in [3.63, 3.8) is 0 Å². The molecule has 3 unspecified atom stereocenters. The fraction of sp³-hybridized carbons (Fsp3) is 0.500. The Morgan fingerprint density at radius 1 is 1.30 bits per heavy atom. The third-order valence-electron chi connectivity index (χ3n) is 5.57. The van der Waals surface area contributed by atoms with Gasteiger partial charge in [-0.05, 0) is 43.6 Å². The summed E-state index contributed by atoms with van der Waals surface area (Å²) in [7, 11) is 0. The Morgan fingerprint density at radius 2 is 2.03 bits per heavy atom. The molecule has 3 aromatic heterocycles. The molecule has 1 saturated heterocycles. The van der Waals surface area contributed by atoms with Gasteiger partial charge < -0.3 is 4.90 Å². The minimum atomic E-state index is -0.277. The van der Waals surface area contributed by atoms with Crippen molar-refractivity contribution in [2.24, 2.45) is 11.8 Å². The number of thiophene rings is 2. The van der Waals surface area contributed by atoms with E-state index in [1.54, 1.807) is 15.9 Å². The van der Waals surface area contributed by atoms with Crippen molar-refractivity contribution >= 4 is 50.6 Å². The first kappa shape index (κ1) is 21.6. The number of rotatable bonds is 5. The van der Waals surface area contributed by atoms with E-state index in [-0.39, 0.29) is 16.7 Å². The van der Waals surface area contributed by atoms with Gasteiger partial charge in [0.2, 0.25) is 5.91 Å². The fourth-order valence-electron chi connectivity index (χ4n) is 4.30.